The van der Waals surface area contributed by atoms with E-state index >= 15 is 0 Å². The largest absolute Gasteiger partial charge is 0.478 e. The predicted octanol–water partition coefficient (Wildman–Crippen LogP) is 3.86. The van der Waals surface area contributed by atoms with Gasteiger partial charge in [0.25, 0.3) is 5.91 Å². The lowest BCUT2D eigenvalue weighted by Gasteiger charge is -2.11. The highest BCUT2D eigenvalue weighted by Gasteiger charge is 2.15. The lowest BCUT2D eigenvalue weighted by molar-refractivity contribution is 0.0698. The van der Waals surface area contributed by atoms with Crippen LogP contribution in [0.25, 0.3) is 0 Å². The van der Waals surface area contributed by atoms with E-state index in [1.807, 2.05) is 48.6 Å². The number of carbonyl (C=O) groups excluding carboxylic acids is 1. The number of benzene rings is 2. The number of amides is 1. The number of rotatable bonds is 3. The molecule has 0 aliphatic heterocycles. The molecule has 0 atom stereocenters. The molecule has 0 fully saturated rings. The summed E-state index contributed by atoms with van der Waals surface area (Å²) in [5.74, 6) is -1.37. The molecule has 2 aromatic carbocycles. The maximum Gasteiger partial charge on any atom is 0.337 e. The Morgan fingerprint density at radius 1 is 1.05 bits per heavy atom. The number of halogens is 1. The van der Waals surface area contributed by atoms with Crippen molar-refractivity contribution in [3.8, 4) is 0 Å². The fourth-order valence-electron chi connectivity index (χ4n) is 2.06. The van der Waals surface area contributed by atoms with E-state index in [4.69, 9.17) is 0 Å². The van der Waals surface area contributed by atoms with Gasteiger partial charge in [-0.3, -0.25) is 4.79 Å². The molecule has 2 rings (SSSR count). The van der Waals surface area contributed by atoms with Gasteiger partial charge in [0, 0.05) is 9.13 Å². The molecule has 0 saturated carbocycles. The summed E-state index contributed by atoms with van der Waals surface area (Å²) in [6.07, 6.45) is 0. The SMILES string of the molecule is Cc1ccc(C(=O)Nc2ccc(I)cc2C(=O)O)c(C)c1. The monoisotopic (exact) mass is 395 g/mol. The van der Waals surface area contributed by atoms with Crippen molar-refractivity contribution in [3.05, 3.63) is 62.2 Å². The summed E-state index contributed by atoms with van der Waals surface area (Å²) in [5, 5.41) is 11.9. The first kappa shape index (κ1) is 15.5. The number of anilines is 1. The quantitative estimate of drug-likeness (QED) is 0.776. The summed E-state index contributed by atoms with van der Waals surface area (Å²) in [4.78, 5) is 23.5. The zero-order valence-electron chi connectivity index (χ0n) is 11.6. The molecular weight excluding hydrogens is 381 g/mol. The van der Waals surface area contributed by atoms with Crippen LogP contribution in [0.15, 0.2) is 36.4 Å². The molecule has 2 aromatic rings. The highest BCUT2D eigenvalue weighted by molar-refractivity contribution is 14.1. The standard InChI is InChI=1S/C16H14INO3/c1-9-3-5-12(10(2)7-9)15(19)18-14-6-4-11(17)8-13(14)16(20)21/h3-8H,1-2H3,(H,18,19)(H,20,21). The Morgan fingerprint density at radius 3 is 2.38 bits per heavy atom. The molecule has 0 spiro atoms. The van der Waals surface area contributed by atoms with E-state index < -0.39 is 5.97 Å². The van der Waals surface area contributed by atoms with E-state index in [1.165, 1.54) is 6.07 Å². The lowest BCUT2D eigenvalue weighted by atomic mass is 10.0. The van der Waals surface area contributed by atoms with E-state index in [0.717, 1.165) is 14.7 Å². The van der Waals surface area contributed by atoms with E-state index in [0.29, 0.717) is 11.3 Å². The Balaban J connectivity index is 2.34. The normalized spacial score (nSPS) is 10.2. The summed E-state index contributed by atoms with van der Waals surface area (Å²) >= 11 is 2.03. The van der Waals surface area contributed by atoms with Crippen molar-refractivity contribution < 1.29 is 14.7 Å². The summed E-state index contributed by atoms with van der Waals surface area (Å²) < 4.78 is 0.800. The van der Waals surface area contributed by atoms with Gasteiger partial charge in [0.2, 0.25) is 0 Å². The van der Waals surface area contributed by atoms with Gasteiger partial charge in [0.1, 0.15) is 0 Å². The van der Waals surface area contributed by atoms with E-state index in [1.54, 1.807) is 18.2 Å². The number of carbonyl (C=O) groups is 2. The van der Waals surface area contributed by atoms with Crippen LogP contribution in [0.1, 0.15) is 31.8 Å². The minimum absolute atomic E-state index is 0.0833. The van der Waals surface area contributed by atoms with Gasteiger partial charge in [-0.15, -0.1) is 0 Å². The minimum atomic E-state index is -1.07. The summed E-state index contributed by atoms with van der Waals surface area (Å²) in [6.45, 7) is 3.81. The highest BCUT2D eigenvalue weighted by Crippen LogP contribution is 2.20. The fourth-order valence-corrected chi connectivity index (χ4v) is 2.55. The number of carboxylic acid groups (broad SMARTS) is 1. The van der Waals surface area contributed by atoms with Crippen molar-refractivity contribution >= 4 is 40.2 Å². The zero-order chi connectivity index (χ0) is 15.6. The number of aromatic carboxylic acids is 1. The molecule has 0 heterocycles. The van der Waals surface area contributed by atoms with Crippen molar-refractivity contribution in [3.63, 3.8) is 0 Å². The first-order chi connectivity index (χ1) is 9.88. The Kier molecular flexibility index (Phi) is 4.62. The molecule has 0 unspecified atom stereocenters. The van der Waals surface area contributed by atoms with Crippen LogP contribution in [0.2, 0.25) is 0 Å². The van der Waals surface area contributed by atoms with Crippen molar-refractivity contribution in [1.29, 1.82) is 0 Å². The molecule has 0 aliphatic carbocycles. The van der Waals surface area contributed by atoms with Crippen LogP contribution >= 0.6 is 22.6 Å². The van der Waals surface area contributed by atoms with Crippen molar-refractivity contribution in [2.24, 2.45) is 0 Å². The third kappa shape index (κ3) is 3.60. The molecular formula is C16H14INO3. The lowest BCUT2D eigenvalue weighted by Crippen LogP contribution is -2.16. The Morgan fingerprint density at radius 2 is 1.76 bits per heavy atom. The molecule has 0 bridgehead atoms. The number of aryl methyl sites for hydroxylation is 2. The Hall–Kier alpha value is -1.89. The molecule has 0 aromatic heterocycles. The van der Waals surface area contributed by atoms with Gasteiger partial charge in [0.15, 0.2) is 0 Å². The maximum absolute atomic E-state index is 12.3. The van der Waals surface area contributed by atoms with Gasteiger partial charge < -0.3 is 10.4 Å². The molecule has 1 amide bonds. The van der Waals surface area contributed by atoms with E-state index in [-0.39, 0.29) is 11.5 Å². The van der Waals surface area contributed by atoms with E-state index in [9.17, 15) is 14.7 Å². The average molecular weight is 395 g/mol. The highest BCUT2D eigenvalue weighted by atomic mass is 127. The molecule has 108 valence electrons. The summed E-state index contributed by atoms with van der Waals surface area (Å²) in [6, 6.07) is 10.4. The van der Waals surface area contributed by atoms with Gasteiger partial charge in [-0.05, 0) is 66.3 Å². The average Bonchev–Trinajstić information content (AvgIpc) is 2.40. The van der Waals surface area contributed by atoms with Crippen LogP contribution in [0.3, 0.4) is 0 Å². The van der Waals surface area contributed by atoms with Crippen molar-refractivity contribution in [2.75, 3.05) is 5.32 Å². The third-order valence-electron chi connectivity index (χ3n) is 3.09. The number of hydrogen-bond donors (Lipinski definition) is 2. The van der Waals surface area contributed by atoms with Crippen LogP contribution in [-0.2, 0) is 0 Å². The fraction of sp³-hybridized carbons (Fsp3) is 0.125. The molecule has 2 N–H and O–H groups in total. The summed E-state index contributed by atoms with van der Waals surface area (Å²) in [7, 11) is 0. The number of hydrogen-bond acceptors (Lipinski definition) is 2. The number of nitrogens with one attached hydrogen (secondary N) is 1. The smallest absolute Gasteiger partial charge is 0.337 e. The van der Waals surface area contributed by atoms with E-state index in [2.05, 4.69) is 5.32 Å². The molecule has 0 saturated heterocycles. The topological polar surface area (TPSA) is 66.4 Å². The van der Waals surface area contributed by atoms with Gasteiger partial charge in [0.05, 0.1) is 11.3 Å². The van der Waals surface area contributed by atoms with Gasteiger partial charge in [-0.25, -0.2) is 4.79 Å². The van der Waals surface area contributed by atoms with Crippen LogP contribution in [-0.4, -0.2) is 17.0 Å². The maximum atomic E-state index is 12.3. The minimum Gasteiger partial charge on any atom is -0.478 e. The van der Waals surface area contributed by atoms with Gasteiger partial charge in [-0.1, -0.05) is 17.7 Å². The molecule has 4 nitrogen and oxygen atoms in total. The molecule has 0 aliphatic rings. The van der Waals surface area contributed by atoms with Gasteiger partial charge in [-0.2, -0.15) is 0 Å². The second-order valence-corrected chi connectivity index (χ2v) is 6.01. The van der Waals surface area contributed by atoms with Crippen LogP contribution < -0.4 is 5.32 Å². The van der Waals surface area contributed by atoms with Gasteiger partial charge >= 0.3 is 5.97 Å². The zero-order valence-corrected chi connectivity index (χ0v) is 13.8. The van der Waals surface area contributed by atoms with Crippen LogP contribution in [0.4, 0.5) is 5.69 Å². The first-order valence-electron chi connectivity index (χ1n) is 6.30. The molecule has 21 heavy (non-hydrogen) atoms. The summed E-state index contributed by atoms with van der Waals surface area (Å²) in [5.41, 5.74) is 2.85. The molecule has 5 heteroatoms. The Bertz CT molecular complexity index is 725. The van der Waals surface area contributed by atoms with Crippen LogP contribution in [0.5, 0.6) is 0 Å². The van der Waals surface area contributed by atoms with Crippen LogP contribution in [0, 0.1) is 17.4 Å². The molecule has 0 radical (unpaired) electrons. The van der Waals surface area contributed by atoms with Crippen molar-refractivity contribution in [2.45, 2.75) is 13.8 Å². The predicted molar refractivity (Wildman–Crippen MR) is 90.0 cm³/mol. The van der Waals surface area contributed by atoms with Crippen molar-refractivity contribution in [1.82, 2.24) is 0 Å². The second kappa shape index (κ2) is 6.26. The number of carboxylic acids is 1. The second-order valence-electron chi connectivity index (χ2n) is 4.77. The first-order valence-corrected chi connectivity index (χ1v) is 7.38. The third-order valence-corrected chi connectivity index (χ3v) is 3.76. The Labute approximate surface area is 136 Å².